The van der Waals surface area contributed by atoms with E-state index in [1.54, 1.807) is 24.4 Å². The van der Waals surface area contributed by atoms with Crippen LogP contribution in [0.2, 0.25) is 0 Å². The van der Waals surface area contributed by atoms with Crippen molar-refractivity contribution < 1.29 is 23.8 Å². The highest BCUT2D eigenvalue weighted by atomic mass is 19.1. The highest BCUT2D eigenvalue weighted by molar-refractivity contribution is 6.17. The number of para-hydroxylation sites is 1. The summed E-state index contributed by atoms with van der Waals surface area (Å²) in [4.78, 5) is 40.9. The Morgan fingerprint density at radius 2 is 1.75 bits per heavy atom. The average molecular weight is 1020 g/mol. The first kappa shape index (κ1) is 56.6. The number of nitrogens with one attached hydrogen (secondary N) is 3. The molecule has 4 N–H and O–H groups in total. The predicted octanol–water partition coefficient (Wildman–Crippen LogP) is 14.8. The molecule has 2 aromatic heterocycles. The SMILES string of the molecule is C#Cc1c(F)ccc2cc(O)cc(-c3ncc4c(N5CCCC(C)C5)nc(OCC5(CC)CC5)nc4c3C)c12.CCCCCC(CCC)CCCCCC(CCC)c1cccc(C(=N)C2CCC(=O)NC2=O)c1NC. The van der Waals surface area contributed by atoms with Gasteiger partial charge >= 0.3 is 6.01 Å². The normalized spacial score (nSPS) is 17.9. The lowest BCUT2D eigenvalue weighted by Gasteiger charge is -2.32. The molecule has 4 atom stereocenters. The van der Waals surface area contributed by atoms with Gasteiger partial charge in [-0.1, -0.05) is 135 Å². The Morgan fingerprint density at radius 1 is 0.987 bits per heavy atom. The number of imide groups is 1. The van der Waals surface area contributed by atoms with Crippen LogP contribution < -0.4 is 20.3 Å². The molecule has 0 spiro atoms. The van der Waals surface area contributed by atoms with Gasteiger partial charge in [-0.2, -0.15) is 9.97 Å². The van der Waals surface area contributed by atoms with Crippen molar-refractivity contribution in [3.05, 3.63) is 76.7 Å². The van der Waals surface area contributed by atoms with Crippen molar-refractivity contribution in [1.82, 2.24) is 20.3 Å². The number of anilines is 2. The van der Waals surface area contributed by atoms with E-state index in [1.165, 1.54) is 95.1 Å². The Hall–Kier alpha value is -6.09. The third-order valence-corrected chi connectivity index (χ3v) is 16.4. The first-order valence-corrected chi connectivity index (χ1v) is 28.5. The van der Waals surface area contributed by atoms with Crippen LogP contribution in [0, 0.1) is 53.7 Å². The van der Waals surface area contributed by atoms with Crippen LogP contribution in [0.1, 0.15) is 191 Å². The molecule has 2 aliphatic heterocycles. The third kappa shape index (κ3) is 13.9. The van der Waals surface area contributed by atoms with E-state index in [2.05, 4.69) is 62.1 Å². The number of halogens is 1. The number of terminal acetylenes is 1. The maximum atomic E-state index is 14.8. The monoisotopic (exact) mass is 1020 g/mol. The molecule has 12 heteroatoms. The molecule has 2 amide bonds. The van der Waals surface area contributed by atoms with E-state index in [0.717, 1.165) is 84.6 Å². The number of amides is 2. The molecular weight excluding hydrogens is 938 g/mol. The fraction of sp³-hybridized carbons (Fsp3) is 0.556. The summed E-state index contributed by atoms with van der Waals surface area (Å²) >= 11 is 0. The van der Waals surface area contributed by atoms with Gasteiger partial charge in [0.25, 0.3) is 0 Å². The molecular formula is C63H84FN7O4. The number of nitrogens with zero attached hydrogens (tertiary/aromatic N) is 4. The molecule has 75 heavy (non-hydrogen) atoms. The Morgan fingerprint density at radius 3 is 2.43 bits per heavy atom. The van der Waals surface area contributed by atoms with E-state index >= 15 is 0 Å². The summed E-state index contributed by atoms with van der Waals surface area (Å²) in [5.41, 5.74) is 6.39. The van der Waals surface area contributed by atoms with Gasteiger partial charge in [0.05, 0.1) is 40.4 Å². The van der Waals surface area contributed by atoms with Crippen LogP contribution in [0.15, 0.2) is 48.7 Å². The van der Waals surface area contributed by atoms with Gasteiger partial charge in [0.15, 0.2) is 0 Å². The number of unbranched alkanes of at least 4 members (excludes halogenated alkanes) is 4. The third-order valence-electron chi connectivity index (χ3n) is 16.4. The molecule has 8 rings (SSSR count). The second-order valence-electron chi connectivity index (χ2n) is 22.0. The number of carbonyl (C=O) groups excluding carboxylic acids is 2. The average Bonchev–Trinajstić information content (AvgIpc) is 4.20. The van der Waals surface area contributed by atoms with Gasteiger partial charge in [-0.15, -0.1) is 6.42 Å². The number of pyridine rings is 1. The fourth-order valence-corrected chi connectivity index (χ4v) is 11.8. The Bertz CT molecular complexity index is 2840. The number of phenols is 1. The molecule has 0 radical (unpaired) electrons. The van der Waals surface area contributed by atoms with Crippen LogP contribution in [0.4, 0.5) is 15.9 Å². The van der Waals surface area contributed by atoms with Crippen LogP contribution in [0.25, 0.3) is 32.9 Å². The zero-order chi connectivity index (χ0) is 53.6. The smallest absolute Gasteiger partial charge is 0.318 e. The number of hydrogen-bond donors (Lipinski definition) is 4. The highest BCUT2D eigenvalue weighted by Crippen LogP contribution is 2.49. The zero-order valence-corrected chi connectivity index (χ0v) is 46.1. The number of benzene rings is 3. The van der Waals surface area contributed by atoms with Gasteiger partial charge in [-0.05, 0) is 105 Å². The summed E-state index contributed by atoms with van der Waals surface area (Å²) in [6.45, 7) is 15.7. The molecule has 3 aromatic carbocycles. The molecule has 4 unspecified atom stereocenters. The molecule has 11 nitrogen and oxygen atoms in total. The van der Waals surface area contributed by atoms with Crippen molar-refractivity contribution in [2.75, 3.05) is 37.0 Å². The highest BCUT2D eigenvalue weighted by Gasteiger charge is 2.42. The number of carbonyl (C=O) groups is 2. The molecule has 3 aliphatic rings. The summed E-state index contributed by atoms with van der Waals surface area (Å²) in [6, 6.07) is 12.7. The maximum Gasteiger partial charge on any atom is 0.318 e. The van der Waals surface area contributed by atoms with E-state index in [0.29, 0.717) is 65.0 Å². The van der Waals surface area contributed by atoms with Gasteiger partial charge < -0.3 is 25.5 Å². The van der Waals surface area contributed by atoms with Crippen LogP contribution in [-0.4, -0.2) is 64.3 Å². The van der Waals surface area contributed by atoms with Crippen LogP contribution in [-0.2, 0) is 9.59 Å². The molecule has 5 aromatic rings. The van der Waals surface area contributed by atoms with E-state index < -0.39 is 11.7 Å². The Balaban J connectivity index is 0.000000220. The molecule has 1 saturated carbocycles. The minimum Gasteiger partial charge on any atom is -0.508 e. The largest absolute Gasteiger partial charge is 0.508 e. The number of piperidine rings is 2. The van der Waals surface area contributed by atoms with Crippen molar-refractivity contribution in [2.45, 2.75) is 176 Å². The van der Waals surface area contributed by atoms with E-state index in [-0.39, 0.29) is 28.5 Å². The number of hydrogen-bond acceptors (Lipinski definition) is 10. The Kier molecular flexibility index (Phi) is 20.1. The van der Waals surface area contributed by atoms with Crippen LogP contribution in [0.5, 0.6) is 11.8 Å². The Labute approximate surface area is 446 Å². The minimum atomic E-state index is -0.567. The summed E-state index contributed by atoms with van der Waals surface area (Å²) in [5.74, 6) is 3.66. The summed E-state index contributed by atoms with van der Waals surface area (Å²) in [5, 5.41) is 27.2. The molecule has 402 valence electrons. The van der Waals surface area contributed by atoms with Gasteiger partial charge in [0.1, 0.15) is 17.4 Å². The van der Waals surface area contributed by atoms with E-state index in [4.69, 9.17) is 31.5 Å². The maximum absolute atomic E-state index is 14.8. The quantitative estimate of drug-likeness (QED) is 0.0205. The number of rotatable bonds is 24. The molecule has 0 bridgehead atoms. The summed E-state index contributed by atoms with van der Waals surface area (Å²) < 4.78 is 21.0. The predicted molar refractivity (Wildman–Crippen MR) is 305 cm³/mol. The number of phenolic OH excluding ortho intramolecular Hbond substituents is 1. The van der Waals surface area contributed by atoms with Gasteiger partial charge in [0.2, 0.25) is 11.8 Å². The number of aryl methyl sites for hydroxylation is 1. The topological polar surface area (TPSA) is 153 Å². The van der Waals surface area contributed by atoms with Crippen molar-refractivity contribution in [3.8, 4) is 35.4 Å². The van der Waals surface area contributed by atoms with Crippen molar-refractivity contribution in [1.29, 1.82) is 5.41 Å². The van der Waals surface area contributed by atoms with Crippen molar-refractivity contribution >= 4 is 50.7 Å². The molecule has 3 fully saturated rings. The summed E-state index contributed by atoms with van der Waals surface area (Å²) in [7, 11) is 1.91. The fourth-order valence-electron chi connectivity index (χ4n) is 11.8. The lowest BCUT2D eigenvalue weighted by atomic mass is 9.83. The second-order valence-corrected chi connectivity index (χ2v) is 22.0. The second kappa shape index (κ2) is 26.6. The summed E-state index contributed by atoms with van der Waals surface area (Å²) in [6.07, 6.45) is 30.7. The molecule has 4 heterocycles. The van der Waals surface area contributed by atoms with Crippen LogP contribution >= 0.6 is 0 Å². The van der Waals surface area contributed by atoms with Gasteiger partial charge in [0, 0.05) is 65.9 Å². The van der Waals surface area contributed by atoms with E-state index in [1.807, 2.05) is 26.1 Å². The minimum absolute atomic E-state index is 0.0531. The number of ether oxygens (including phenoxy) is 1. The molecule has 1 aliphatic carbocycles. The first-order valence-electron chi connectivity index (χ1n) is 28.5. The van der Waals surface area contributed by atoms with Crippen molar-refractivity contribution in [3.63, 3.8) is 0 Å². The standard InChI is InChI=1S/C32H33FN4O2.C31H51N3O2/c1-5-23-26(33)10-9-21-14-22(38)15-24(27(21)23)28-20(4)29-25(16-34-28)30(37-13-7-8-19(3)17-37)36-31(35-29)39-18-32(6-2)11-12-32;1-5-8-10-16-23(14-6-2)17-11-9-12-18-24(15-7-3)25-19-13-20-26(30(25)33-4)29(32)27-21-22-28(35)34-31(27)36/h1,9-10,14-16,19,38H,6-8,11-13,17-18H2,2-4H3;13,19-20,23-24,27,32-33H,5-12,14-18,21-22H2,1-4H3,(H,34,35,36). The number of aromatic hydroxyl groups is 1. The van der Waals surface area contributed by atoms with Crippen molar-refractivity contribution in [2.24, 2.45) is 23.2 Å². The van der Waals surface area contributed by atoms with E-state index in [9.17, 15) is 19.1 Å². The number of fused-ring (bicyclic) bond motifs is 2. The lowest BCUT2D eigenvalue weighted by Crippen LogP contribution is -2.44. The number of aromatic nitrogens is 3. The lowest BCUT2D eigenvalue weighted by molar-refractivity contribution is -0.134. The molecule has 2 saturated heterocycles. The van der Waals surface area contributed by atoms with Gasteiger partial charge in [-0.25, -0.2) is 4.39 Å². The van der Waals surface area contributed by atoms with Crippen LogP contribution in [0.3, 0.4) is 0 Å². The van der Waals surface area contributed by atoms with Gasteiger partial charge in [-0.3, -0.25) is 19.9 Å². The zero-order valence-electron chi connectivity index (χ0n) is 46.1. The first-order chi connectivity index (χ1) is 36.3.